The number of hydrogen-bond acceptors (Lipinski definition) is 2. The maximum absolute atomic E-state index is 10.0. The van der Waals surface area contributed by atoms with E-state index >= 15 is 0 Å². The molecule has 0 saturated heterocycles. The van der Waals surface area contributed by atoms with Crippen LogP contribution in [0.3, 0.4) is 0 Å². The highest BCUT2D eigenvalue weighted by atomic mass is 16.6. The van der Waals surface area contributed by atoms with Crippen LogP contribution in [0.4, 0.5) is 0 Å². The summed E-state index contributed by atoms with van der Waals surface area (Å²) in [5.41, 5.74) is 0. The van der Waals surface area contributed by atoms with Crippen LogP contribution >= 0.6 is 0 Å². The van der Waals surface area contributed by atoms with Gasteiger partial charge in [0.1, 0.15) is 0 Å². The fraction of sp³-hybridized carbons (Fsp3) is 0.818. The van der Waals surface area contributed by atoms with Gasteiger partial charge >= 0.3 is 0 Å². The van der Waals surface area contributed by atoms with E-state index < -0.39 is 5.79 Å². The average Bonchev–Trinajstić information content (AvgIpc) is 2.16. The number of ether oxygens (including phenoxy) is 1. The summed E-state index contributed by atoms with van der Waals surface area (Å²) in [7, 11) is 0. The van der Waals surface area contributed by atoms with Gasteiger partial charge in [0.05, 0.1) is 6.61 Å². The van der Waals surface area contributed by atoms with Gasteiger partial charge in [-0.3, -0.25) is 0 Å². The normalized spacial score (nSPS) is 23.8. The summed E-state index contributed by atoms with van der Waals surface area (Å²) in [6.07, 6.45) is 7.59. The quantitative estimate of drug-likeness (QED) is 0.537. The van der Waals surface area contributed by atoms with Crippen molar-refractivity contribution in [1.82, 2.24) is 0 Å². The van der Waals surface area contributed by atoms with Gasteiger partial charge in [-0.1, -0.05) is 25.3 Å². The largest absolute Gasteiger partial charge is 0.365 e. The van der Waals surface area contributed by atoms with Crippen LogP contribution in [0.15, 0.2) is 12.7 Å². The summed E-state index contributed by atoms with van der Waals surface area (Å²) >= 11 is 0. The summed E-state index contributed by atoms with van der Waals surface area (Å²) in [4.78, 5) is 0. The molecule has 1 aliphatic carbocycles. The molecule has 2 nitrogen and oxygen atoms in total. The summed E-state index contributed by atoms with van der Waals surface area (Å²) in [6, 6.07) is 0. The van der Waals surface area contributed by atoms with E-state index in [4.69, 9.17) is 4.74 Å². The molecule has 0 aliphatic heterocycles. The molecule has 0 aromatic rings. The van der Waals surface area contributed by atoms with Crippen molar-refractivity contribution in [3.05, 3.63) is 12.7 Å². The zero-order valence-corrected chi connectivity index (χ0v) is 8.46. The van der Waals surface area contributed by atoms with E-state index in [0.29, 0.717) is 12.5 Å². The smallest absolute Gasteiger partial charge is 0.165 e. The van der Waals surface area contributed by atoms with Gasteiger partial charge in [0, 0.05) is 5.92 Å². The predicted octanol–water partition coefficient (Wildman–Crippen LogP) is 2.48. The molecule has 0 bridgehead atoms. The van der Waals surface area contributed by atoms with Gasteiger partial charge in [0.2, 0.25) is 0 Å². The van der Waals surface area contributed by atoms with Gasteiger partial charge < -0.3 is 9.84 Å². The third-order valence-electron chi connectivity index (χ3n) is 2.86. The van der Waals surface area contributed by atoms with E-state index in [2.05, 4.69) is 6.58 Å². The van der Waals surface area contributed by atoms with Crippen LogP contribution in [-0.2, 0) is 4.74 Å². The van der Waals surface area contributed by atoms with Gasteiger partial charge in [0.25, 0.3) is 0 Å². The van der Waals surface area contributed by atoms with Crippen molar-refractivity contribution < 1.29 is 9.84 Å². The Balaban J connectivity index is 2.40. The lowest BCUT2D eigenvalue weighted by Gasteiger charge is -2.34. The summed E-state index contributed by atoms with van der Waals surface area (Å²) in [5.74, 6) is -0.643. The Kier molecular flexibility index (Phi) is 3.94. The molecular weight excluding hydrogens is 164 g/mol. The first-order chi connectivity index (χ1) is 6.17. The SMILES string of the molecule is C=CCOC(C)(O)C1CCCCC1. The molecule has 1 aliphatic rings. The average molecular weight is 184 g/mol. The molecule has 0 amide bonds. The minimum absolute atomic E-state index is 0.307. The zero-order valence-electron chi connectivity index (χ0n) is 8.46. The van der Waals surface area contributed by atoms with Gasteiger partial charge in [-0.05, 0) is 19.8 Å². The fourth-order valence-electron chi connectivity index (χ4n) is 1.98. The predicted molar refractivity (Wildman–Crippen MR) is 53.3 cm³/mol. The maximum atomic E-state index is 10.0. The van der Waals surface area contributed by atoms with Crippen molar-refractivity contribution in [3.8, 4) is 0 Å². The Morgan fingerprint density at radius 3 is 2.62 bits per heavy atom. The summed E-state index contributed by atoms with van der Waals surface area (Å²) < 4.78 is 5.36. The molecule has 1 N–H and O–H groups in total. The molecular formula is C11H20O2. The molecule has 76 valence electrons. The molecule has 13 heavy (non-hydrogen) atoms. The van der Waals surface area contributed by atoms with Crippen LogP contribution < -0.4 is 0 Å². The van der Waals surface area contributed by atoms with E-state index in [9.17, 15) is 5.11 Å². The molecule has 0 heterocycles. The van der Waals surface area contributed by atoms with Crippen LogP contribution in [-0.4, -0.2) is 17.5 Å². The Labute approximate surface area is 80.6 Å². The minimum atomic E-state index is -0.950. The molecule has 0 spiro atoms. The van der Waals surface area contributed by atoms with E-state index in [1.54, 1.807) is 13.0 Å². The highest BCUT2D eigenvalue weighted by Gasteiger charge is 2.33. The number of hydrogen-bond donors (Lipinski definition) is 1. The van der Waals surface area contributed by atoms with Crippen molar-refractivity contribution in [1.29, 1.82) is 0 Å². The highest BCUT2D eigenvalue weighted by Crippen LogP contribution is 2.33. The molecule has 1 fully saturated rings. The van der Waals surface area contributed by atoms with Crippen LogP contribution in [0.25, 0.3) is 0 Å². The monoisotopic (exact) mass is 184 g/mol. The van der Waals surface area contributed by atoms with E-state index in [1.165, 1.54) is 19.3 Å². The van der Waals surface area contributed by atoms with Crippen LogP contribution in [0.2, 0.25) is 0 Å². The lowest BCUT2D eigenvalue weighted by Crippen LogP contribution is -2.38. The Hall–Kier alpha value is -0.340. The lowest BCUT2D eigenvalue weighted by atomic mass is 9.84. The second kappa shape index (κ2) is 4.77. The van der Waals surface area contributed by atoms with Crippen molar-refractivity contribution in [3.63, 3.8) is 0 Å². The molecule has 1 atom stereocenters. The van der Waals surface area contributed by atoms with Gasteiger partial charge in [0.15, 0.2) is 5.79 Å². The maximum Gasteiger partial charge on any atom is 0.165 e. The second-order valence-electron chi connectivity index (χ2n) is 3.99. The first kappa shape index (κ1) is 10.7. The third kappa shape index (κ3) is 3.12. The summed E-state index contributed by atoms with van der Waals surface area (Å²) in [5, 5.41) is 10.0. The molecule has 2 heteroatoms. The second-order valence-corrected chi connectivity index (χ2v) is 3.99. The molecule has 1 rings (SSSR count). The standard InChI is InChI=1S/C11H20O2/c1-3-9-13-11(2,12)10-7-5-4-6-8-10/h3,10,12H,1,4-9H2,2H3. The van der Waals surface area contributed by atoms with E-state index in [-0.39, 0.29) is 0 Å². The minimum Gasteiger partial charge on any atom is -0.365 e. The number of aliphatic hydroxyl groups is 1. The third-order valence-corrected chi connectivity index (χ3v) is 2.86. The first-order valence-corrected chi connectivity index (χ1v) is 5.14. The Morgan fingerprint density at radius 2 is 2.08 bits per heavy atom. The molecule has 1 unspecified atom stereocenters. The van der Waals surface area contributed by atoms with Gasteiger partial charge in [-0.2, -0.15) is 0 Å². The molecule has 0 aromatic heterocycles. The lowest BCUT2D eigenvalue weighted by molar-refractivity contribution is -0.223. The van der Waals surface area contributed by atoms with Crippen molar-refractivity contribution in [2.45, 2.75) is 44.8 Å². The Bertz CT molecular complexity index is 157. The van der Waals surface area contributed by atoms with Crippen LogP contribution in [0, 0.1) is 5.92 Å². The molecule has 1 saturated carbocycles. The van der Waals surface area contributed by atoms with Crippen LogP contribution in [0.1, 0.15) is 39.0 Å². The fourth-order valence-corrected chi connectivity index (χ4v) is 1.98. The molecule has 0 radical (unpaired) electrons. The van der Waals surface area contributed by atoms with E-state index in [0.717, 1.165) is 12.8 Å². The topological polar surface area (TPSA) is 29.5 Å². The Morgan fingerprint density at radius 1 is 1.46 bits per heavy atom. The number of rotatable bonds is 4. The van der Waals surface area contributed by atoms with Gasteiger partial charge in [-0.15, -0.1) is 6.58 Å². The highest BCUT2D eigenvalue weighted by molar-refractivity contribution is 4.78. The van der Waals surface area contributed by atoms with Crippen molar-refractivity contribution >= 4 is 0 Å². The van der Waals surface area contributed by atoms with Gasteiger partial charge in [-0.25, -0.2) is 0 Å². The van der Waals surface area contributed by atoms with Crippen molar-refractivity contribution in [2.75, 3.05) is 6.61 Å². The van der Waals surface area contributed by atoms with Crippen molar-refractivity contribution in [2.24, 2.45) is 5.92 Å². The zero-order chi connectivity index (χ0) is 9.73. The van der Waals surface area contributed by atoms with Crippen LogP contribution in [0.5, 0.6) is 0 Å². The van der Waals surface area contributed by atoms with E-state index in [1.807, 2.05) is 0 Å². The summed E-state index contributed by atoms with van der Waals surface area (Å²) in [6.45, 7) is 5.78. The first-order valence-electron chi connectivity index (χ1n) is 5.14. The molecule has 0 aromatic carbocycles.